The van der Waals surface area contributed by atoms with Crippen LogP contribution in [0, 0.1) is 0 Å². The topological polar surface area (TPSA) is 61.4 Å². The van der Waals surface area contributed by atoms with Gasteiger partial charge < -0.3 is 15.7 Å². The average Bonchev–Trinajstić information content (AvgIpc) is 2.38. The molecule has 1 heterocycles. The Labute approximate surface area is 114 Å². The van der Waals surface area contributed by atoms with E-state index in [-0.39, 0.29) is 36.7 Å². The molecule has 0 radical (unpaired) electrons. The van der Waals surface area contributed by atoms with Crippen LogP contribution < -0.4 is 10.6 Å². The van der Waals surface area contributed by atoms with Gasteiger partial charge in [-0.3, -0.25) is 4.79 Å². The highest BCUT2D eigenvalue weighted by atomic mass is 19.4. The zero-order valence-electron chi connectivity index (χ0n) is 10.6. The highest BCUT2D eigenvalue weighted by Gasteiger charge is 2.41. The van der Waals surface area contributed by atoms with E-state index in [9.17, 15) is 23.1 Å². The predicted molar refractivity (Wildman–Crippen MR) is 66.4 cm³/mol. The van der Waals surface area contributed by atoms with Crippen molar-refractivity contribution in [3.63, 3.8) is 0 Å². The van der Waals surface area contributed by atoms with E-state index in [4.69, 9.17) is 0 Å². The Morgan fingerprint density at radius 3 is 2.65 bits per heavy atom. The monoisotopic (exact) mass is 288 g/mol. The minimum Gasteiger partial charge on any atom is -0.508 e. The molecule has 110 valence electrons. The highest BCUT2D eigenvalue weighted by molar-refractivity contribution is 5.94. The molecule has 1 amide bonds. The van der Waals surface area contributed by atoms with Gasteiger partial charge in [0.1, 0.15) is 11.8 Å². The summed E-state index contributed by atoms with van der Waals surface area (Å²) >= 11 is 0. The van der Waals surface area contributed by atoms with Crippen LogP contribution in [-0.4, -0.2) is 35.8 Å². The van der Waals surface area contributed by atoms with Gasteiger partial charge in [0.15, 0.2) is 0 Å². The second-order valence-corrected chi connectivity index (χ2v) is 4.80. The lowest BCUT2D eigenvalue weighted by atomic mass is 10.00. The Balaban J connectivity index is 1.88. The first-order chi connectivity index (χ1) is 9.36. The fraction of sp³-hybridized carbons (Fsp3) is 0.462. The molecule has 4 nitrogen and oxygen atoms in total. The van der Waals surface area contributed by atoms with E-state index in [2.05, 4.69) is 10.6 Å². The molecule has 1 aromatic carbocycles. The van der Waals surface area contributed by atoms with Crippen LogP contribution in [0.5, 0.6) is 5.75 Å². The summed E-state index contributed by atoms with van der Waals surface area (Å²) in [4.78, 5) is 11.9. The molecule has 0 bridgehead atoms. The van der Waals surface area contributed by atoms with Crippen molar-refractivity contribution in [2.75, 3.05) is 6.54 Å². The first kappa shape index (κ1) is 14.6. The molecule has 1 aromatic rings. The van der Waals surface area contributed by atoms with Gasteiger partial charge in [-0.05, 0) is 31.0 Å². The summed E-state index contributed by atoms with van der Waals surface area (Å²) in [5.41, 5.74) is 0.281. The Kier molecular flexibility index (Phi) is 4.17. The maximum absolute atomic E-state index is 12.5. The van der Waals surface area contributed by atoms with Gasteiger partial charge in [-0.2, -0.15) is 13.2 Å². The van der Waals surface area contributed by atoms with Crippen LogP contribution in [0.2, 0.25) is 0 Å². The lowest BCUT2D eigenvalue weighted by molar-refractivity contribution is -0.160. The van der Waals surface area contributed by atoms with Crippen LogP contribution in [-0.2, 0) is 0 Å². The lowest BCUT2D eigenvalue weighted by Crippen LogP contribution is -2.54. The molecule has 1 saturated heterocycles. The van der Waals surface area contributed by atoms with Crippen LogP contribution >= 0.6 is 0 Å². The summed E-state index contributed by atoms with van der Waals surface area (Å²) in [6.07, 6.45) is -4.05. The van der Waals surface area contributed by atoms with Crippen molar-refractivity contribution in [3.8, 4) is 5.75 Å². The van der Waals surface area contributed by atoms with Crippen LogP contribution in [0.1, 0.15) is 23.2 Å². The second kappa shape index (κ2) is 5.70. The van der Waals surface area contributed by atoms with Crippen LogP contribution in [0.4, 0.5) is 13.2 Å². The average molecular weight is 288 g/mol. The molecule has 1 aliphatic heterocycles. The molecule has 2 atom stereocenters. The van der Waals surface area contributed by atoms with Crippen LogP contribution in [0.3, 0.4) is 0 Å². The summed E-state index contributed by atoms with van der Waals surface area (Å²) in [6.45, 7) is 0.0781. The lowest BCUT2D eigenvalue weighted by Gasteiger charge is -2.31. The quantitative estimate of drug-likeness (QED) is 0.777. The zero-order chi connectivity index (χ0) is 14.8. The van der Waals surface area contributed by atoms with Gasteiger partial charge >= 0.3 is 6.18 Å². The molecule has 1 fully saturated rings. The summed E-state index contributed by atoms with van der Waals surface area (Å²) in [7, 11) is 0. The molecule has 0 saturated carbocycles. The molecule has 0 aliphatic carbocycles. The number of hydrogen-bond acceptors (Lipinski definition) is 3. The summed E-state index contributed by atoms with van der Waals surface area (Å²) in [6, 6.07) is 3.96. The van der Waals surface area contributed by atoms with E-state index in [0.29, 0.717) is 0 Å². The number of nitrogens with one attached hydrogen (secondary N) is 2. The molecule has 20 heavy (non-hydrogen) atoms. The van der Waals surface area contributed by atoms with Gasteiger partial charge in [-0.25, -0.2) is 0 Å². The molecule has 0 aromatic heterocycles. The van der Waals surface area contributed by atoms with Crippen LogP contribution in [0.15, 0.2) is 24.3 Å². The number of phenolic OH excluding ortho intramolecular Hbond substituents is 1. The first-order valence-electron chi connectivity index (χ1n) is 6.26. The van der Waals surface area contributed by atoms with Crippen molar-refractivity contribution >= 4 is 5.91 Å². The van der Waals surface area contributed by atoms with Crippen molar-refractivity contribution < 1.29 is 23.1 Å². The molecule has 0 spiro atoms. The Bertz CT molecular complexity index is 483. The Hall–Kier alpha value is -1.76. The highest BCUT2D eigenvalue weighted by Crippen LogP contribution is 2.26. The molecule has 2 unspecified atom stereocenters. The van der Waals surface area contributed by atoms with Gasteiger partial charge in [-0.1, -0.05) is 6.07 Å². The summed E-state index contributed by atoms with van der Waals surface area (Å²) < 4.78 is 37.4. The fourth-order valence-corrected chi connectivity index (χ4v) is 2.17. The number of carbonyl (C=O) groups is 1. The number of rotatable bonds is 2. The number of hydrogen-bond donors (Lipinski definition) is 3. The standard InChI is InChI=1S/C13H15F3N2O2/c14-13(15,16)11-5-4-9(7-17-11)18-12(20)8-2-1-3-10(19)6-8/h1-3,6,9,11,17,19H,4-5,7H2,(H,18,20). The Morgan fingerprint density at radius 2 is 2.10 bits per heavy atom. The number of alkyl halides is 3. The smallest absolute Gasteiger partial charge is 0.403 e. The van der Waals surface area contributed by atoms with Crippen molar-refractivity contribution in [1.29, 1.82) is 0 Å². The number of piperidine rings is 1. The summed E-state index contributed by atoms with van der Waals surface area (Å²) in [5, 5.41) is 14.3. The van der Waals surface area contributed by atoms with Gasteiger partial charge in [0, 0.05) is 18.2 Å². The van der Waals surface area contributed by atoms with E-state index >= 15 is 0 Å². The SMILES string of the molecule is O=C(NC1CCC(C(F)(F)F)NC1)c1cccc(O)c1. The van der Waals surface area contributed by atoms with Gasteiger partial charge in [0.25, 0.3) is 5.91 Å². The van der Waals surface area contributed by atoms with Crippen molar-refractivity contribution in [1.82, 2.24) is 10.6 Å². The number of phenols is 1. The van der Waals surface area contributed by atoms with E-state index < -0.39 is 18.1 Å². The number of benzene rings is 1. The second-order valence-electron chi connectivity index (χ2n) is 4.80. The van der Waals surface area contributed by atoms with Gasteiger partial charge in [-0.15, -0.1) is 0 Å². The maximum atomic E-state index is 12.5. The van der Waals surface area contributed by atoms with E-state index in [0.717, 1.165) is 0 Å². The Morgan fingerprint density at radius 1 is 1.35 bits per heavy atom. The number of aromatic hydroxyl groups is 1. The van der Waals surface area contributed by atoms with Gasteiger partial charge in [0.05, 0.1) is 0 Å². The fourth-order valence-electron chi connectivity index (χ4n) is 2.17. The molecule has 1 aliphatic rings. The molecule has 2 rings (SSSR count). The number of amides is 1. The molecular weight excluding hydrogens is 273 g/mol. The minimum absolute atomic E-state index is 0.0310. The zero-order valence-corrected chi connectivity index (χ0v) is 10.6. The molecule has 3 N–H and O–H groups in total. The predicted octanol–water partition coefficient (Wildman–Crippen LogP) is 1.80. The first-order valence-corrected chi connectivity index (χ1v) is 6.26. The van der Waals surface area contributed by atoms with Gasteiger partial charge in [0.2, 0.25) is 0 Å². The minimum atomic E-state index is -4.25. The van der Waals surface area contributed by atoms with Crippen molar-refractivity contribution in [2.24, 2.45) is 0 Å². The molecule has 7 heteroatoms. The number of halogens is 3. The van der Waals surface area contributed by atoms with E-state index in [1.54, 1.807) is 0 Å². The van der Waals surface area contributed by atoms with Crippen molar-refractivity contribution in [3.05, 3.63) is 29.8 Å². The number of carbonyl (C=O) groups excluding carboxylic acids is 1. The molecular formula is C13H15F3N2O2. The third-order valence-electron chi connectivity index (χ3n) is 3.25. The normalized spacial score (nSPS) is 23.4. The van der Waals surface area contributed by atoms with E-state index in [1.165, 1.54) is 24.3 Å². The third-order valence-corrected chi connectivity index (χ3v) is 3.25. The largest absolute Gasteiger partial charge is 0.508 e. The van der Waals surface area contributed by atoms with Crippen LogP contribution in [0.25, 0.3) is 0 Å². The summed E-state index contributed by atoms with van der Waals surface area (Å²) in [5.74, 6) is -0.435. The van der Waals surface area contributed by atoms with E-state index in [1.807, 2.05) is 0 Å². The van der Waals surface area contributed by atoms with Crippen molar-refractivity contribution in [2.45, 2.75) is 31.1 Å². The third kappa shape index (κ3) is 3.63. The maximum Gasteiger partial charge on any atom is 0.403 e.